The first-order valence-electron chi connectivity index (χ1n) is 35.2. The Balaban J connectivity index is 2.07. The van der Waals surface area contributed by atoms with Crippen LogP contribution in [-0.4, -0.2) is 87.5 Å². The normalized spacial score (nSPS) is 18.7. The Morgan fingerprint density at radius 1 is 0.427 bits per heavy atom. The minimum absolute atomic E-state index is 0.171. The second-order valence-electron chi connectivity index (χ2n) is 24.3. The Kier molecular flexibility index (Phi) is 58.4. The lowest BCUT2D eigenvalue weighted by Gasteiger charge is -2.40. The summed E-state index contributed by atoms with van der Waals surface area (Å²) in [5.74, 6) is -0.171. The fourth-order valence-corrected chi connectivity index (χ4v) is 11.1. The molecule has 0 saturated carbocycles. The summed E-state index contributed by atoms with van der Waals surface area (Å²) in [6.45, 7) is 3.70. The van der Waals surface area contributed by atoms with Gasteiger partial charge >= 0.3 is 0 Å². The molecule has 82 heavy (non-hydrogen) atoms. The molecule has 1 heterocycles. The lowest BCUT2D eigenvalue weighted by Crippen LogP contribution is -2.60. The van der Waals surface area contributed by atoms with E-state index in [4.69, 9.17) is 9.47 Å². The zero-order chi connectivity index (χ0) is 59.3. The van der Waals surface area contributed by atoms with Crippen LogP contribution in [-0.2, 0) is 14.3 Å². The van der Waals surface area contributed by atoms with Gasteiger partial charge in [0.25, 0.3) is 0 Å². The van der Waals surface area contributed by atoms with E-state index in [1.807, 2.05) is 6.08 Å². The number of aliphatic hydroxyl groups is 5. The fourth-order valence-electron chi connectivity index (χ4n) is 11.1. The van der Waals surface area contributed by atoms with Gasteiger partial charge in [0, 0.05) is 6.42 Å². The van der Waals surface area contributed by atoms with Gasteiger partial charge in [0.05, 0.1) is 25.4 Å². The molecule has 1 saturated heterocycles. The summed E-state index contributed by atoms with van der Waals surface area (Å²) in [7, 11) is 0. The number of rotatable bonds is 61. The molecule has 7 atom stereocenters. The summed E-state index contributed by atoms with van der Waals surface area (Å²) in [6, 6.07) is -0.806. The number of carbonyl (C=O) groups excluding carboxylic acids is 1. The topological polar surface area (TPSA) is 149 Å². The van der Waals surface area contributed by atoms with Crippen LogP contribution < -0.4 is 5.32 Å². The first kappa shape index (κ1) is 77.6. The van der Waals surface area contributed by atoms with Crippen molar-refractivity contribution in [2.75, 3.05) is 13.2 Å². The van der Waals surface area contributed by atoms with Crippen LogP contribution in [0.15, 0.2) is 72.9 Å². The molecule has 478 valence electrons. The molecule has 1 amide bonds. The number of amides is 1. The quantitative estimate of drug-likeness (QED) is 0.0261. The molecule has 1 aliphatic rings. The van der Waals surface area contributed by atoms with Gasteiger partial charge in [0.1, 0.15) is 24.4 Å². The van der Waals surface area contributed by atoms with Crippen molar-refractivity contribution >= 4 is 5.91 Å². The van der Waals surface area contributed by atoms with E-state index in [1.54, 1.807) is 6.08 Å². The van der Waals surface area contributed by atoms with Crippen LogP contribution in [0.5, 0.6) is 0 Å². The Morgan fingerprint density at radius 3 is 1.12 bits per heavy atom. The zero-order valence-corrected chi connectivity index (χ0v) is 53.5. The lowest BCUT2D eigenvalue weighted by atomic mass is 9.99. The summed E-state index contributed by atoms with van der Waals surface area (Å²) in [5.41, 5.74) is 0. The average molecular weight is 1150 g/mol. The Morgan fingerprint density at radius 2 is 0.756 bits per heavy atom. The van der Waals surface area contributed by atoms with Gasteiger partial charge in [0.2, 0.25) is 5.91 Å². The fraction of sp³-hybridized carbons (Fsp3) is 0.822. The molecule has 9 heteroatoms. The first-order chi connectivity index (χ1) is 40.3. The largest absolute Gasteiger partial charge is 0.394 e. The summed E-state index contributed by atoms with van der Waals surface area (Å²) >= 11 is 0. The van der Waals surface area contributed by atoms with Crippen LogP contribution >= 0.6 is 0 Å². The van der Waals surface area contributed by atoms with Crippen LogP contribution in [0.3, 0.4) is 0 Å². The van der Waals surface area contributed by atoms with Crippen LogP contribution in [0, 0.1) is 0 Å². The van der Waals surface area contributed by atoms with E-state index in [2.05, 4.69) is 79.9 Å². The number of carbonyl (C=O) groups is 1. The van der Waals surface area contributed by atoms with Crippen LogP contribution in [0.4, 0.5) is 0 Å². The van der Waals surface area contributed by atoms with Crippen molar-refractivity contribution in [3.05, 3.63) is 72.9 Å². The number of allylic oxidation sites excluding steroid dienone is 11. The zero-order valence-electron chi connectivity index (χ0n) is 53.5. The first-order valence-corrected chi connectivity index (χ1v) is 35.2. The Bertz CT molecular complexity index is 1520. The predicted molar refractivity (Wildman–Crippen MR) is 350 cm³/mol. The van der Waals surface area contributed by atoms with E-state index in [0.717, 1.165) is 70.6 Å². The number of ether oxygens (including phenoxy) is 2. The molecule has 1 rings (SSSR count). The lowest BCUT2D eigenvalue weighted by molar-refractivity contribution is -0.302. The van der Waals surface area contributed by atoms with Crippen LogP contribution in [0.1, 0.15) is 328 Å². The van der Waals surface area contributed by atoms with E-state index >= 15 is 0 Å². The SMILES string of the molecule is CC/C=C\C/C=C\C/C=C\C/C=C\C/C=C\CCCCCCCCCCCCCCCCCCCCCCCCCC(=O)NC(COC1OC(CO)C(O)C(O)C1O)C(O)/C=C/CCCCCCCCCCCCCCCCCCCC. The van der Waals surface area contributed by atoms with Gasteiger partial charge in [-0.15, -0.1) is 0 Å². The van der Waals surface area contributed by atoms with Gasteiger partial charge in [-0.3, -0.25) is 4.79 Å². The summed E-state index contributed by atoms with van der Waals surface area (Å²) in [4.78, 5) is 13.1. The molecule has 0 bridgehead atoms. The van der Waals surface area contributed by atoms with Crippen LogP contribution in [0.25, 0.3) is 0 Å². The Labute approximate surface area is 506 Å². The molecule has 6 N–H and O–H groups in total. The highest BCUT2D eigenvalue weighted by molar-refractivity contribution is 5.76. The molecular formula is C73H133NO8. The summed E-state index contributed by atoms with van der Waals surface area (Å²) in [6.07, 6.45) is 80.1. The second-order valence-corrected chi connectivity index (χ2v) is 24.3. The van der Waals surface area contributed by atoms with Gasteiger partial charge < -0.3 is 40.3 Å². The van der Waals surface area contributed by atoms with Crippen molar-refractivity contribution in [3.63, 3.8) is 0 Å². The number of hydrogen-bond donors (Lipinski definition) is 6. The van der Waals surface area contributed by atoms with Gasteiger partial charge in [0.15, 0.2) is 6.29 Å². The predicted octanol–water partition coefficient (Wildman–Crippen LogP) is 19.1. The maximum Gasteiger partial charge on any atom is 0.220 e. The van der Waals surface area contributed by atoms with Gasteiger partial charge in [-0.25, -0.2) is 0 Å². The van der Waals surface area contributed by atoms with Crippen molar-refractivity contribution in [1.82, 2.24) is 5.32 Å². The number of hydrogen-bond acceptors (Lipinski definition) is 8. The van der Waals surface area contributed by atoms with E-state index in [1.165, 1.54) is 238 Å². The highest BCUT2D eigenvalue weighted by Crippen LogP contribution is 2.23. The van der Waals surface area contributed by atoms with Crippen molar-refractivity contribution < 1.29 is 39.8 Å². The van der Waals surface area contributed by atoms with Crippen molar-refractivity contribution in [1.29, 1.82) is 0 Å². The van der Waals surface area contributed by atoms with E-state index in [0.29, 0.717) is 6.42 Å². The number of aliphatic hydroxyl groups excluding tert-OH is 5. The molecular weight excluding hydrogens is 1020 g/mol. The standard InChI is InChI=1S/C73H133NO8/c1-3-5-7-9-11-13-15-17-19-21-23-25-26-27-28-29-30-31-32-33-34-35-36-37-38-39-40-41-42-43-45-47-49-51-53-55-57-59-61-63-69(77)74-66(65-81-73-72(80)71(79)70(78)68(64-75)82-73)67(76)62-60-58-56-54-52-50-48-46-44-24-22-20-18-16-14-12-10-8-6-4-2/h5,7,11,13,17,19,23,25,27-28,60,62,66-68,70-73,75-76,78-80H,3-4,6,8-10,12,14-16,18,20-22,24,26,29-59,61,63-65H2,1-2H3,(H,74,77)/b7-5-,13-11-,19-17-,25-23-,28-27-,62-60+. The van der Waals surface area contributed by atoms with Crippen molar-refractivity contribution in [2.45, 2.75) is 371 Å². The molecule has 0 aliphatic carbocycles. The molecule has 9 nitrogen and oxygen atoms in total. The van der Waals surface area contributed by atoms with Crippen molar-refractivity contribution in [2.24, 2.45) is 0 Å². The van der Waals surface area contributed by atoms with Gasteiger partial charge in [-0.1, -0.05) is 331 Å². The van der Waals surface area contributed by atoms with Gasteiger partial charge in [-0.2, -0.15) is 0 Å². The third-order valence-corrected chi connectivity index (χ3v) is 16.5. The molecule has 0 aromatic carbocycles. The van der Waals surface area contributed by atoms with E-state index < -0.39 is 49.5 Å². The summed E-state index contributed by atoms with van der Waals surface area (Å²) < 4.78 is 11.3. The molecule has 0 radical (unpaired) electrons. The maximum atomic E-state index is 13.1. The van der Waals surface area contributed by atoms with Crippen LogP contribution in [0.2, 0.25) is 0 Å². The smallest absolute Gasteiger partial charge is 0.220 e. The molecule has 1 aliphatic heterocycles. The molecule has 1 fully saturated rings. The van der Waals surface area contributed by atoms with Gasteiger partial charge in [-0.05, 0) is 64.2 Å². The maximum absolute atomic E-state index is 13.1. The molecule has 0 aromatic heterocycles. The third kappa shape index (κ3) is 49.8. The highest BCUT2D eigenvalue weighted by Gasteiger charge is 2.44. The summed E-state index contributed by atoms with van der Waals surface area (Å²) in [5, 5.41) is 54.7. The highest BCUT2D eigenvalue weighted by atomic mass is 16.7. The molecule has 7 unspecified atom stereocenters. The second kappa shape index (κ2) is 61.7. The molecule has 0 aromatic rings. The molecule has 0 spiro atoms. The monoisotopic (exact) mass is 1150 g/mol. The minimum Gasteiger partial charge on any atom is -0.394 e. The number of nitrogens with one attached hydrogen (secondary N) is 1. The third-order valence-electron chi connectivity index (χ3n) is 16.5. The Hall–Kier alpha value is -2.37. The average Bonchev–Trinajstić information content (AvgIpc) is 3.52. The van der Waals surface area contributed by atoms with Crippen molar-refractivity contribution in [3.8, 4) is 0 Å². The van der Waals surface area contributed by atoms with E-state index in [-0.39, 0.29) is 12.5 Å². The minimum atomic E-state index is -1.57. The van der Waals surface area contributed by atoms with E-state index in [9.17, 15) is 30.3 Å². The number of unbranched alkanes of at least 4 members (excludes halogenated alkanes) is 41.